The third-order valence-corrected chi connectivity index (χ3v) is 14.3. The van der Waals surface area contributed by atoms with Crippen LogP contribution >= 0.6 is 0 Å². The van der Waals surface area contributed by atoms with Crippen LogP contribution in [0.1, 0.15) is 118 Å². The molecule has 11 aliphatic rings. The van der Waals surface area contributed by atoms with Crippen molar-refractivity contribution in [2.75, 3.05) is 33.0 Å². The number of fused-ring (bicyclic) bond motifs is 4. The summed E-state index contributed by atoms with van der Waals surface area (Å²) in [7, 11) is -4.67. The molecule has 39 heteroatoms. The summed E-state index contributed by atoms with van der Waals surface area (Å²) >= 11 is 0. The Kier molecular flexibility index (Phi) is 34.7. The molecule has 0 aromatic carbocycles. The van der Waals surface area contributed by atoms with Gasteiger partial charge in [-0.3, -0.25) is 9.11 Å². The summed E-state index contributed by atoms with van der Waals surface area (Å²) in [4.78, 5) is 55.3. The fraction of sp³-hybridized carbons (Fsp3) is 0.907. The molecule has 22 atom stereocenters. The molecule has 537 valence electrons. The zero-order chi connectivity index (χ0) is 68.6. The van der Waals surface area contributed by atoms with Gasteiger partial charge in [-0.05, 0) is 88.5 Å². The summed E-state index contributed by atoms with van der Waals surface area (Å²) in [5, 5.41) is 97.3. The summed E-state index contributed by atoms with van der Waals surface area (Å²) in [6.07, 6.45) is -13.0. The van der Waals surface area contributed by atoms with E-state index in [0.717, 1.165) is 12.8 Å². The molecule has 1 unspecified atom stereocenters. The zero-order valence-corrected chi connectivity index (χ0v) is 56.4. The number of aliphatic hydroxyl groups is 11. The molecule has 93 heavy (non-hydrogen) atoms. The van der Waals surface area contributed by atoms with Crippen molar-refractivity contribution < 1.29 is 204 Å². The first-order chi connectivity index (χ1) is 41.5. The first-order valence-corrected chi connectivity index (χ1v) is 30.1. The molecule has 11 fully saturated rings. The molecule has 0 spiro atoms. The molecule has 0 saturated carbocycles. The third-order valence-electron chi connectivity index (χ3n) is 14.3. The van der Waals surface area contributed by atoms with Crippen molar-refractivity contribution in [3.63, 3.8) is 0 Å². The van der Waals surface area contributed by atoms with Gasteiger partial charge in [-0.1, -0.05) is 28.2 Å². The number of esters is 5. The number of hydrogen-bond donors (Lipinski definition) is 13. The van der Waals surface area contributed by atoms with Gasteiger partial charge in [0.25, 0.3) is 0 Å². The van der Waals surface area contributed by atoms with Crippen molar-refractivity contribution in [2.24, 2.45) is 0 Å². The molecule has 11 heterocycles. The van der Waals surface area contributed by atoms with E-state index >= 15 is 0 Å². The van der Waals surface area contributed by atoms with Crippen LogP contribution in [0.2, 0.25) is 0 Å². The van der Waals surface area contributed by atoms with Crippen LogP contribution < -0.4 is 29.6 Å². The Balaban J connectivity index is 0.00000106. The molecule has 3 radical (unpaired) electrons. The van der Waals surface area contributed by atoms with Gasteiger partial charge in [-0.25, -0.2) is 24.0 Å². The van der Waals surface area contributed by atoms with Crippen molar-refractivity contribution in [2.45, 2.75) is 280 Å². The maximum absolute atomic E-state index is 11.3. The van der Waals surface area contributed by atoms with Crippen LogP contribution in [0.4, 0.5) is 0 Å². The van der Waals surface area contributed by atoms with Gasteiger partial charge in [-0.15, -0.1) is 0 Å². The normalized spacial score (nSPS) is 38.3. The Morgan fingerprint density at radius 3 is 0.925 bits per heavy atom. The smallest absolute Gasteiger partial charge is 1.00 e. The Labute approximate surface area is 563 Å². The van der Waals surface area contributed by atoms with E-state index in [1.807, 2.05) is 48.5 Å². The molecule has 13 N–H and O–H groups in total. The van der Waals surface area contributed by atoms with Crippen LogP contribution in [0.15, 0.2) is 0 Å². The van der Waals surface area contributed by atoms with Crippen LogP contribution in [0.3, 0.4) is 0 Å². The maximum Gasteiger partial charge on any atom is 1.00 e. The summed E-state index contributed by atoms with van der Waals surface area (Å²) in [6.45, 7) is 22.1. The number of cyclic esters (lactones) is 5. The van der Waals surface area contributed by atoms with E-state index in [0.29, 0.717) is 6.42 Å². The van der Waals surface area contributed by atoms with Gasteiger partial charge in [0.05, 0.1) is 39.1 Å². The third kappa shape index (κ3) is 24.4. The van der Waals surface area contributed by atoms with Crippen molar-refractivity contribution in [1.82, 2.24) is 0 Å². The van der Waals surface area contributed by atoms with E-state index in [1.165, 1.54) is 0 Å². The predicted molar refractivity (Wildman–Crippen MR) is 304 cm³/mol. The van der Waals surface area contributed by atoms with Gasteiger partial charge >= 0.3 is 69.8 Å². The van der Waals surface area contributed by atoms with E-state index in [1.54, 1.807) is 41.5 Å². The maximum atomic E-state index is 11.3. The minimum Gasteiger partial charge on any atom is -1.00 e. The minimum atomic E-state index is -4.67. The minimum absolute atomic E-state index is 0. The number of hydrogen-bond acceptors (Lipinski definition) is 34. The molecule has 36 nitrogen and oxygen atoms in total. The van der Waals surface area contributed by atoms with Crippen LogP contribution in [-0.4, -0.2) is 308 Å². The standard InChI is InChI=1S/2C9H14O4.C9H18O4.2C8H12O5.C5H10O5.C5H8O5.CH4.B.Na.H2O4S.H/c2*1-4-5-6-7(8(10)11-5)13-9(2,3)12-6;1-4-6(11)8-7(5-10)12-9(2,3)13-8;2*1-8(2)12-5-4(3-9)11-7(10)6(5)13-8;2*6-1-2-3(7)4(8)5(9)10-2;;;;1-5(2,3)4;/h2*5-7H,4H2,1-3H3;6-8,10-11H,4-5H2,1-3H3;2*4-6,9H,3H2,1-2H3;2-9H,1H2;2-4,6-8H,1H2;1H4;;;(H2,1,2,3,4);/q;;;;;;;;;+1;;-1/t5-,6+,7+;5-,6-,7-;6-,7-,8+;4-,5+,6+;4-,5-,6-;2-,3-,4-,5?;2-,3-,4-;;;;;/m0100111...../s1. The number of carbonyl (C=O) groups is 5. The molecule has 0 amide bonds. The monoisotopic (exact) mass is 1390 g/mol. The summed E-state index contributed by atoms with van der Waals surface area (Å²) in [5.41, 5.74) is 0. The average molecular weight is 1390 g/mol. The molecular formula is C54H95BNaO36S. The topological polar surface area (TPSA) is 530 Å². The second-order valence-electron chi connectivity index (χ2n) is 23.7. The van der Waals surface area contributed by atoms with Crippen molar-refractivity contribution in [1.29, 1.82) is 0 Å². The number of aliphatic hydroxyl groups excluding tert-OH is 11. The quantitative estimate of drug-likeness (QED) is 0.0441. The predicted octanol–water partition coefficient (Wildman–Crippen LogP) is -7.44. The van der Waals surface area contributed by atoms with Gasteiger partial charge in [0, 0.05) is 8.41 Å². The van der Waals surface area contributed by atoms with Crippen LogP contribution in [0, 0.1) is 0 Å². The first kappa shape index (κ1) is 88.4. The van der Waals surface area contributed by atoms with Crippen molar-refractivity contribution >= 4 is 48.7 Å². The van der Waals surface area contributed by atoms with E-state index in [4.69, 9.17) is 135 Å². The van der Waals surface area contributed by atoms with Gasteiger partial charge in [0.1, 0.15) is 73.2 Å². The number of ether oxygens (including phenoxy) is 16. The van der Waals surface area contributed by atoms with Gasteiger partial charge in [0.15, 0.2) is 84.1 Å². The molecule has 11 aliphatic heterocycles. The fourth-order valence-electron chi connectivity index (χ4n) is 10.2. The van der Waals surface area contributed by atoms with E-state index in [2.05, 4.69) is 9.47 Å². The Bertz CT molecular complexity index is 2280. The van der Waals surface area contributed by atoms with E-state index in [9.17, 15) is 29.1 Å². The second kappa shape index (κ2) is 36.5. The molecule has 11 saturated heterocycles. The molecule has 0 bridgehead atoms. The zero-order valence-electron chi connectivity index (χ0n) is 54.5. The molecular weight excluding hydrogens is 1290 g/mol. The molecule has 0 aliphatic carbocycles. The molecule has 0 aromatic heterocycles. The molecule has 0 aromatic rings. The van der Waals surface area contributed by atoms with Crippen molar-refractivity contribution in [3.05, 3.63) is 0 Å². The first-order valence-electron chi connectivity index (χ1n) is 28.7. The van der Waals surface area contributed by atoms with Gasteiger partial charge < -0.3 is 133 Å². The largest absolute Gasteiger partial charge is 1.00 e. The van der Waals surface area contributed by atoms with Gasteiger partial charge in [0.2, 0.25) is 0 Å². The van der Waals surface area contributed by atoms with Crippen LogP contribution in [0.25, 0.3) is 0 Å². The van der Waals surface area contributed by atoms with Crippen LogP contribution in [0.5, 0.6) is 0 Å². The SMILES string of the molecule is C.CC1(C)O[C@@H]2[C@@H](CO)OC(=O)[C@@H]2O1.CC1(C)O[C@@H]2[C@H](CO)OC(=O)[C@@H]2O1.CC[C@@H]1OC(=O)[C@@H]2OC(C)(C)O[C@H]12.CC[C@H](O)[C@H]1OC(C)(C)O[C@H]1CO.CC[C@H]1OC(=O)[C@@H]2OC(C)(C)O[C@H]12.O=C1O[C@H](CO)[C@@H](O)[C@H]1O.O=S(=O)(O)O.OC[C@H]1OC(O)[C@H](O)[C@@H]1O.[B].[H-].[Na+]. The summed E-state index contributed by atoms with van der Waals surface area (Å²) in [6, 6.07) is 0. The van der Waals surface area contributed by atoms with Gasteiger partial charge in [-0.2, -0.15) is 8.42 Å². The fourth-order valence-corrected chi connectivity index (χ4v) is 10.2. The van der Waals surface area contributed by atoms with E-state index in [-0.39, 0.29) is 103 Å². The van der Waals surface area contributed by atoms with E-state index < -0.39 is 181 Å². The summed E-state index contributed by atoms with van der Waals surface area (Å²) < 4.78 is 115. The summed E-state index contributed by atoms with van der Waals surface area (Å²) in [5.74, 6) is -5.89. The Hall–Kier alpha value is -2.60. The number of carbonyl (C=O) groups excluding carboxylic acids is 5. The van der Waals surface area contributed by atoms with Crippen LogP contribution in [-0.2, 0) is 110 Å². The average Bonchev–Trinajstić information content (AvgIpc) is 1.65. The Morgan fingerprint density at radius 1 is 0.419 bits per heavy atom. The Morgan fingerprint density at radius 2 is 0.699 bits per heavy atom. The molecule has 11 rings (SSSR count). The number of rotatable bonds is 9. The van der Waals surface area contributed by atoms with Crippen molar-refractivity contribution in [3.8, 4) is 0 Å². The second-order valence-corrected chi connectivity index (χ2v) is 24.6.